The highest BCUT2D eigenvalue weighted by molar-refractivity contribution is 5.50. The number of benzene rings is 1. The molecule has 4 nitrogen and oxygen atoms in total. The van der Waals surface area contributed by atoms with Crippen LogP contribution in [0, 0.1) is 0 Å². The van der Waals surface area contributed by atoms with Crippen LogP contribution in [0.25, 0.3) is 0 Å². The van der Waals surface area contributed by atoms with E-state index in [1.54, 1.807) is 24.3 Å². The minimum atomic E-state index is -0.142. The van der Waals surface area contributed by atoms with Gasteiger partial charge in [0.25, 0.3) is 0 Å². The molecule has 0 spiro atoms. The molecule has 0 amide bonds. The molecule has 3 rings (SSSR count). The van der Waals surface area contributed by atoms with Crippen LogP contribution < -0.4 is 4.74 Å². The maximum Gasteiger partial charge on any atom is 0.240 e. The van der Waals surface area contributed by atoms with Gasteiger partial charge in [-0.1, -0.05) is 6.08 Å². The number of carbonyl (C=O) groups excluding carboxylic acids is 1. The second kappa shape index (κ2) is 5.66. The summed E-state index contributed by atoms with van der Waals surface area (Å²) in [4.78, 5) is 13.8. The fourth-order valence-corrected chi connectivity index (χ4v) is 2.45. The van der Waals surface area contributed by atoms with Gasteiger partial charge >= 0.3 is 0 Å². The van der Waals surface area contributed by atoms with Crippen molar-refractivity contribution in [1.29, 1.82) is 0 Å². The molecule has 112 valence electrons. The van der Waals surface area contributed by atoms with E-state index in [0.717, 1.165) is 24.4 Å². The van der Waals surface area contributed by atoms with Crippen molar-refractivity contribution in [3.8, 4) is 5.75 Å². The molecule has 1 aromatic carbocycles. The summed E-state index contributed by atoms with van der Waals surface area (Å²) < 4.78 is 11.8. The molecule has 0 saturated carbocycles. The van der Waals surface area contributed by atoms with Crippen LogP contribution in [0.5, 0.6) is 5.75 Å². The highest BCUT2D eigenvalue weighted by Crippen LogP contribution is 2.36. The van der Waals surface area contributed by atoms with Crippen LogP contribution in [0.2, 0.25) is 0 Å². The largest absolute Gasteiger partial charge is 0.487 e. The van der Waals surface area contributed by atoms with Crippen LogP contribution in [0.1, 0.15) is 26.7 Å². The zero-order chi connectivity index (χ0) is 15.6. The first-order valence-electron chi connectivity index (χ1n) is 7.21. The van der Waals surface area contributed by atoms with Gasteiger partial charge in [-0.3, -0.25) is 0 Å². The Balaban J connectivity index is 1.73. The number of aliphatic imine (C=N–C) groups is 1. The van der Waals surface area contributed by atoms with E-state index in [1.807, 2.05) is 12.2 Å². The van der Waals surface area contributed by atoms with Gasteiger partial charge in [-0.25, -0.2) is 4.79 Å². The highest BCUT2D eigenvalue weighted by atomic mass is 16.5. The van der Waals surface area contributed by atoms with Crippen molar-refractivity contribution in [3.63, 3.8) is 0 Å². The average molecular weight is 295 g/mol. The molecule has 0 atom stereocenters. The second-order valence-corrected chi connectivity index (χ2v) is 5.93. The molecule has 1 aliphatic carbocycles. The smallest absolute Gasteiger partial charge is 0.240 e. The fourth-order valence-electron chi connectivity index (χ4n) is 2.45. The van der Waals surface area contributed by atoms with Gasteiger partial charge in [0, 0.05) is 12.8 Å². The zero-order valence-electron chi connectivity index (χ0n) is 12.6. The molecule has 0 saturated heterocycles. The minimum absolute atomic E-state index is 0.142. The molecule has 0 unspecified atom stereocenters. The standard InChI is InChI=1S/C18H17NO3/c1-18(2)10-9-13-11-16(7-8-17(13)22-18)21-15-5-3-14(4-6-15)19-12-20/h3-9H,10-11H2,1-2H3. The summed E-state index contributed by atoms with van der Waals surface area (Å²) >= 11 is 0. The Bertz CT molecular complexity index is 717. The van der Waals surface area contributed by atoms with E-state index in [9.17, 15) is 4.79 Å². The minimum Gasteiger partial charge on any atom is -0.487 e. The van der Waals surface area contributed by atoms with E-state index in [2.05, 4.69) is 24.9 Å². The van der Waals surface area contributed by atoms with E-state index in [0.29, 0.717) is 11.4 Å². The topological polar surface area (TPSA) is 47.9 Å². The van der Waals surface area contributed by atoms with Crippen molar-refractivity contribution < 1.29 is 14.3 Å². The highest BCUT2D eigenvalue weighted by Gasteiger charge is 2.28. The predicted molar refractivity (Wildman–Crippen MR) is 83.5 cm³/mol. The Morgan fingerprint density at radius 1 is 1.23 bits per heavy atom. The molecular weight excluding hydrogens is 278 g/mol. The lowest BCUT2D eigenvalue weighted by atomic mass is 9.94. The molecule has 4 heteroatoms. The molecule has 0 fully saturated rings. The maximum atomic E-state index is 10.2. The summed E-state index contributed by atoms with van der Waals surface area (Å²) in [6, 6.07) is 7.00. The zero-order valence-corrected chi connectivity index (χ0v) is 12.6. The van der Waals surface area contributed by atoms with Crippen LogP contribution in [0.3, 0.4) is 0 Å². The van der Waals surface area contributed by atoms with E-state index < -0.39 is 0 Å². The van der Waals surface area contributed by atoms with Crippen LogP contribution in [0.15, 0.2) is 64.6 Å². The number of nitrogens with zero attached hydrogens (tertiary/aromatic N) is 1. The molecular formula is C18H17NO3. The van der Waals surface area contributed by atoms with E-state index in [4.69, 9.17) is 9.47 Å². The third-order valence-corrected chi connectivity index (χ3v) is 3.59. The molecule has 0 N–H and O–H groups in total. The normalized spacial score (nSPS) is 18.7. The predicted octanol–water partition coefficient (Wildman–Crippen LogP) is 4.33. The van der Waals surface area contributed by atoms with Gasteiger partial charge in [-0.15, -0.1) is 0 Å². The van der Waals surface area contributed by atoms with Gasteiger partial charge in [0.2, 0.25) is 6.08 Å². The van der Waals surface area contributed by atoms with Crippen LogP contribution >= 0.6 is 0 Å². The van der Waals surface area contributed by atoms with Crippen molar-refractivity contribution >= 4 is 11.8 Å². The molecule has 1 aromatic rings. The Morgan fingerprint density at radius 3 is 2.73 bits per heavy atom. The molecule has 0 bridgehead atoms. The Kier molecular flexibility index (Phi) is 3.70. The van der Waals surface area contributed by atoms with Crippen LogP contribution in [-0.2, 0) is 9.53 Å². The first-order chi connectivity index (χ1) is 10.6. The lowest BCUT2D eigenvalue weighted by Gasteiger charge is -2.33. The van der Waals surface area contributed by atoms with Crippen molar-refractivity contribution in [2.45, 2.75) is 32.3 Å². The SMILES string of the molecule is CC1(C)CC=C2CC(Oc3ccc(N=C=O)cc3)=CC=C2O1. The number of hydrogen-bond acceptors (Lipinski definition) is 4. The lowest BCUT2D eigenvalue weighted by molar-refractivity contribution is 0.0329. The second-order valence-electron chi connectivity index (χ2n) is 5.93. The van der Waals surface area contributed by atoms with Gasteiger partial charge in [-0.2, -0.15) is 4.99 Å². The Labute approximate surface area is 129 Å². The third-order valence-electron chi connectivity index (χ3n) is 3.59. The molecule has 0 aromatic heterocycles. The monoisotopic (exact) mass is 295 g/mol. The quantitative estimate of drug-likeness (QED) is 0.616. The van der Waals surface area contributed by atoms with Crippen LogP contribution in [0.4, 0.5) is 5.69 Å². The van der Waals surface area contributed by atoms with Crippen molar-refractivity contribution in [2.24, 2.45) is 4.99 Å². The molecule has 1 heterocycles. The van der Waals surface area contributed by atoms with E-state index >= 15 is 0 Å². The third kappa shape index (κ3) is 3.18. The number of rotatable bonds is 3. The fraction of sp³-hybridized carbons (Fsp3) is 0.278. The summed E-state index contributed by atoms with van der Waals surface area (Å²) in [6.45, 7) is 4.17. The van der Waals surface area contributed by atoms with Crippen molar-refractivity contribution in [2.75, 3.05) is 0 Å². The van der Waals surface area contributed by atoms with Gasteiger partial charge in [0.15, 0.2) is 0 Å². The summed E-state index contributed by atoms with van der Waals surface area (Å²) in [6.07, 6.45) is 9.24. The number of allylic oxidation sites excluding steroid dienone is 4. The maximum absolute atomic E-state index is 10.2. The number of ether oxygens (including phenoxy) is 2. The molecule has 0 radical (unpaired) electrons. The molecule has 1 aliphatic heterocycles. The summed E-state index contributed by atoms with van der Waals surface area (Å²) in [7, 11) is 0. The molecule has 2 aliphatic rings. The number of isocyanates is 1. The number of hydrogen-bond donors (Lipinski definition) is 0. The molecule has 22 heavy (non-hydrogen) atoms. The van der Waals surface area contributed by atoms with Crippen molar-refractivity contribution in [3.05, 3.63) is 59.6 Å². The summed E-state index contributed by atoms with van der Waals surface area (Å²) in [5.41, 5.74) is 1.59. The van der Waals surface area contributed by atoms with Gasteiger partial charge in [0.1, 0.15) is 22.9 Å². The lowest BCUT2D eigenvalue weighted by Crippen LogP contribution is -2.28. The van der Waals surface area contributed by atoms with Gasteiger partial charge in [0.05, 0.1) is 5.69 Å². The average Bonchev–Trinajstić information content (AvgIpc) is 2.49. The van der Waals surface area contributed by atoms with Crippen molar-refractivity contribution in [1.82, 2.24) is 0 Å². The summed E-state index contributed by atoms with van der Waals surface area (Å²) in [5.74, 6) is 2.51. The Hall–Kier alpha value is -2.58. The van der Waals surface area contributed by atoms with E-state index in [1.165, 1.54) is 11.7 Å². The number of fused-ring (bicyclic) bond motifs is 1. The van der Waals surface area contributed by atoms with E-state index in [-0.39, 0.29) is 5.60 Å². The first-order valence-corrected chi connectivity index (χ1v) is 7.21. The summed E-state index contributed by atoms with van der Waals surface area (Å²) in [5, 5.41) is 0. The van der Waals surface area contributed by atoms with Crippen LogP contribution in [-0.4, -0.2) is 11.7 Å². The Morgan fingerprint density at radius 2 is 2.00 bits per heavy atom. The first kappa shape index (κ1) is 14.4. The van der Waals surface area contributed by atoms with Gasteiger partial charge in [-0.05, 0) is 55.8 Å². The van der Waals surface area contributed by atoms with Gasteiger partial charge < -0.3 is 9.47 Å².